The summed E-state index contributed by atoms with van der Waals surface area (Å²) in [6.07, 6.45) is 3.57. The zero-order chi connectivity index (χ0) is 13.4. The number of hydrogen-bond donors (Lipinski definition) is 2. The monoisotopic (exact) mass is 326 g/mol. The molecular formula is C14H16BrFN2O. The van der Waals surface area contributed by atoms with Crippen molar-refractivity contribution in [3.63, 3.8) is 0 Å². The van der Waals surface area contributed by atoms with E-state index in [-0.39, 0.29) is 17.8 Å². The van der Waals surface area contributed by atoms with Gasteiger partial charge in [0.05, 0.1) is 11.7 Å². The molecular weight excluding hydrogens is 311 g/mol. The summed E-state index contributed by atoms with van der Waals surface area (Å²) in [5.74, 6) is 0.771. The van der Waals surface area contributed by atoms with Gasteiger partial charge in [-0.25, -0.2) is 4.39 Å². The lowest BCUT2D eigenvalue weighted by molar-refractivity contribution is -0.118. The molecule has 1 aromatic carbocycles. The number of hydrogen-bond acceptors (Lipinski definition) is 2. The molecule has 102 valence electrons. The summed E-state index contributed by atoms with van der Waals surface area (Å²) in [4.78, 5) is 12.3. The maximum Gasteiger partial charge on any atom is 0.241 e. The quantitative estimate of drug-likeness (QED) is 0.877. The summed E-state index contributed by atoms with van der Waals surface area (Å²) < 4.78 is 13.6. The molecule has 2 aliphatic rings. The minimum absolute atomic E-state index is 0.0123. The Bertz CT molecular complexity index is 508. The molecule has 0 bridgehead atoms. The number of nitrogens with one attached hydrogen (secondary N) is 2. The van der Waals surface area contributed by atoms with Gasteiger partial charge in [-0.05, 0) is 65.4 Å². The van der Waals surface area contributed by atoms with Crippen LogP contribution in [0.3, 0.4) is 0 Å². The summed E-state index contributed by atoms with van der Waals surface area (Å²) in [5.41, 5.74) is 0.620. The molecule has 1 saturated heterocycles. The second-order valence-corrected chi connectivity index (χ2v) is 6.21. The first-order valence-electron chi connectivity index (χ1n) is 6.64. The van der Waals surface area contributed by atoms with Crippen LogP contribution in [0.5, 0.6) is 0 Å². The number of rotatable bonds is 2. The largest absolute Gasteiger partial charge is 0.324 e. The molecule has 3 unspecified atom stereocenters. The third-order valence-electron chi connectivity index (χ3n) is 4.22. The Morgan fingerprint density at radius 2 is 2.26 bits per heavy atom. The highest BCUT2D eigenvalue weighted by molar-refractivity contribution is 9.10. The highest BCUT2D eigenvalue weighted by Gasteiger charge is 2.42. The summed E-state index contributed by atoms with van der Waals surface area (Å²) in [6, 6.07) is 4.18. The lowest BCUT2D eigenvalue weighted by Gasteiger charge is -2.18. The number of benzene rings is 1. The van der Waals surface area contributed by atoms with Crippen LogP contribution in [0.1, 0.15) is 19.3 Å². The van der Waals surface area contributed by atoms with Crippen LogP contribution in [-0.4, -0.2) is 18.5 Å². The van der Waals surface area contributed by atoms with Crippen molar-refractivity contribution in [1.29, 1.82) is 0 Å². The van der Waals surface area contributed by atoms with Crippen LogP contribution < -0.4 is 10.6 Å². The normalized spacial score (nSPS) is 29.3. The van der Waals surface area contributed by atoms with E-state index >= 15 is 0 Å². The van der Waals surface area contributed by atoms with Crippen molar-refractivity contribution in [2.45, 2.75) is 25.3 Å². The molecule has 19 heavy (non-hydrogen) atoms. The number of anilines is 1. The van der Waals surface area contributed by atoms with Crippen molar-refractivity contribution in [3.8, 4) is 0 Å². The predicted molar refractivity (Wildman–Crippen MR) is 75.4 cm³/mol. The van der Waals surface area contributed by atoms with Crippen molar-refractivity contribution >= 4 is 27.5 Å². The fourth-order valence-corrected chi connectivity index (χ4v) is 3.73. The molecule has 0 spiro atoms. The SMILES string of the molecule is O=C(Nc1ccc(F)cc1Br)C1NCC2CCCC21. The van der Waals surface area contributed by atoms with E-state index in [1.54, 1.807) is 6.07 Å². The Kier molecular flexibility index (Phi) is 3.58. The van der Waals surface area contributed by atoms with E-state index in [1.807, 2.05) is 0 Å². The second kappa shape index (κ2) is 5.21. The zero-order valence-electron chi connectivity index (χ0n) is 10.5. The summed E-state index contributed by atoms with van der Waals surface area (Å²) in [7, 11) is 0. The third-order valence-corrected chi connectivity index (χ3v) is 4.87. The maximum absolute atomic E-state index is 13.0. The Hall–Kier alpha value is -0.940. The van der Waals surface area contributed by atoms with Gasteiger partial charge in [-0.2, -0.15) is 0 Å². The van der Waals surface area contributed by atoms with Gasteiger partial charge in [-0.3, -0.25) is 4.79 Å². The van der Waals surface area contributed by atoms with Crippen LogP contribution in [0, 0.1) is 17.7 Å². The van der Waals surface area contributed by atoms with E-state index in [4.69, 9.17) is 0 Å². The van der Waals surface area contributed by atoms with E-state index in [9.17, 15) is 9.18 Å². The molecule has 0 aromatic heterocycles. The van der Waals surface area contributed by atoms with Crippen molar-refractivity contribution in [2.24, 2.45) is 11.8 Å². The molecule has 3 atom stereocenters. The van der Waals surface area contributed by atoms with E-state index < -0.39 is 0 Å². The van der Waals surface area contributed by atoms with Crippen LogP contribution in [0.25, 0.3) is 0 Å². The van der Waals surface area contributed by atoms with E-state index in [0.29, 0.717) is 22.0 Å². The summed E-state index contributed by atoms with van der Waals surface area (Å²) in [6.45, 7) is 0.938. The van der Waals surface area contributed by atoms with Crippen molar-refractivity contribution in [2.75, 3.05) is 11.9 Å². The minimum Gasteiger partial charge on any atom is -0.324 e. The summed E-state index contributed by atoms with van der Waals surface area (Å²) in [5, 5.41) is 6.19. The van der Waals surface area contributed by atoms with Crippen molar-refractivity contribution < 1.29 is 9.18 Å². The fraction of sp³-hybridized carbons (Fsp3) is 0.500. The molecule has 3 rings (SSSR count). The molecule has 1 aliphatic heterocycles. The topological polar surface area (TPSA) is 41.1 Å². The number of carbonyl (C=O) groups is 1. The van der Waals surface area contributed by atoms with Gasteiger partial charge in [0.2, 0.25) is 5.91 Å². The first kappa shape index (κ1) is 13.1. The van der Waals surface area contributed by atoms with Crippen LogP contribution in [0.15, 0.2) is 22.7 Å². The van der Waals surface area contributed by atoms with Gasteiger partial charge in [0.15, 0.2) is 0 Å². The fourth-order valence-electron chi connectivity index (χ4n) is 3.28. The molecule has 5 heteroatoms. The standard InChI is InChI=1S/C14H16BrFN2O/c15-11-6-9(16)4-5-12(11)18-14(19)13-10-3-1-2-8(10)7-17-13/h4-6,8,10,13,17H,1-3,7H2,(H,18,19). The van der Waals surface area contributed by atoms with Crippen molar-refractivity contribution in [3.05, 3.63) is 28.5 Å². The van der Waals surface area contributed by atoms with Gasteiger partial charge in [0.25, 0.3) is 0 Å². The Labute approximate surface area is 120 Å². The van der Waals surface area contributed by atoms with Crippen LogP contribution in [0.2, 0.25) is 0 Å². The van der Waals surface area contributed by atoms with Crippen LogP contribution in [-0.2, 0) is 4.79 Å². The summed E-state index contributed by atoms with van der Waals surface area (Å²) >= 11 is 3.27. The van der Waals surface area contributed by atoms with Gasteiger partial charge in [-0.15, -0.1) is 0 Å². The molecule has 1 aromatic rings. The van der Waals surface area contributed by atoms with Crippen LogP contribution in [0.4, 0.5) is 10.1 Å². The van der Waals surface area contributed by atoms with Gasteiger partial charge in [0.1, 0.15) is 5.82 Å². The van der Waals surface area contributed by atoms with Gasteiger partial charge >= 0.3 is 0 Å². The molecule has 1 saturated carbocycles. The first-order valence-corrected chi connectivity index (χ1v) is 7.44. The van der Waals surface area contributed by atoms with E-state index in [0.717, 1.165) is 13.0 Å². The average Bonchev–Trinajstić information content (AvgIpc) is 2.94. The molecule has 2 N–H and O–H groups in total. The molecule has 1 heterocycles. The minimum atomic E-state index is -0.320. The zero-order valence-corrected chi connectivity index (χ0v) is 12.0. The third kappa shape index (κ3) is 2.54. The lowest BCUT2D eigenvalue weighted by Crippen LogP contribution is -2.39. The highest BCUT2D eigenvalue weighted by Crippen LogP contribution is 2.38. The predicted octanol–water partition coefficient (Wildman–Crippen LogP) is 2.91. The number of carbonyl (C=O) groups excluding carboxylic acids is 1. The number of fused-ring (bicyclic) bond motifs is 1. The van der Waals surface area contributed by atoms with Gasteiger partial charge in [0, 0.05) is 4.47 Å². The molecule has 2 fully saturated rings. The Balaban J connectivity index is 1.71. The van der Waals surface area contributed by atoms with E-state index in [2.05, 4.69) is 26.6 Å². The number of halogens is 2. The Morgan fingerprint density at radius 1 is 1.42 bits per heavy atom. The van der Waals surface area contributed by atoms with Gasteiger partial charge in [-0.1, -0.05) is 6.42 Å². The van der Waals surface area contributed by atoms with E-state index in [1.165, 1.54) is 25.0 Å². The first-order chi connectivity index (χ1) is 9.15. The van der Waals surface area contributed by atoms with Crippen molar-refractivity contribution in [1.82, 2.24) is 5.32 Å². The second-order valence-electron chi connectivity index (χ2n) is 5.35. The molecule has 1 amide bonds. The van der Waals surface area contributed by atoms with Gasteiger partial charge < -0.3 is 10.6 Å². The Morgan fingerprint density at radius 3 is 3.05 bits per heavy atom. The lowest BCUT2D eigenvalue weighted by atomic mass is 9.93. The molecule has 0 radical (unpaired) electrons. The molecule has 1 aliphatic carbocycles. The average molecular weight is 327 g/mol. The highest BCUT2D eigenvalue weighted by atomic mass is 79.9. The molecule has 3 nitrogen and oxygen atoms in total. The smallest absolute Gasteiger partial charge is 0.241 e. The number of amides is 1. The maximum atomic E-state index is 13.0. The van der Waals surface area contributed by atoms with Crippen LogP contribution >= 0.6 is 15.9 Å².